The van der Waals surface area contributed by atoms with Gasteiger partial charge in [-0.15, -0.1) is 0 Å². The van der Waals surface area contributed by atoms with Crippen LogP contribution in [0.4, 0.5) is 0 Å². The summed E-state index contributed by atoms with van der Waals surface area (Å²) in [7, 11) is 0. The van der Waals surface area contributed by atoms with Crippen LogP contribution in [0.5, 0.6) is 5.75 Å². The molecule has 24 heavy (non-hydrogen) atoms. The van der Waals surface area contributed by atoms with Crippen LogP contribution in [-0.2, 0) is 6.42 Å². The smallest absolute Gasteiger partial charge is 0.263 e. The van der Waals surface area contributed by atoms with Crippen molar-refractivity contribution in [3.05, 3.63) is 58.3 Å². The van der Waals surface area contributed by atoms with Gasteiger partial charge >= 0.3 is 0 Å². The van der Waals surface area contributed by atoms with Crippen LogP contribution in [0.25, 0.3) is 0 Å². The molecular weight excluding hydrogens is 306 g/mol. The third kappa shape index (κ3) is 3.64. The molecule has 1 amide bonds. The van der Waals surface area contributed by atoms with E-state index in [9.17, 15) is 14.7 Å². The predicted octanol–water partition coefficient (Wildman–Crippen LogP) is 2.10. The summed E-state index contributed by atoms with van der Waals surface area (Å²) >= 11 is 0. The lowest BCUT2D eigenvalue weighted by molar-refractivity contribution is 0.0599. The molecule has 2 aromatic rings. The second kappa shape index (κ2) is 7.29. The third-order valence-corrected chi connectivity index (χ3v) is 4.54. The molecule has 1 aromatic carbocycles. The summed E-state index contributed by atoms with van der Waals surface area (Å²) in [6.45, 7) is 0.674. The van der Waals surface area contributed by atoms with E-state index in [1.54, 1.807) is 12.1 Å². The van der Waals surface area contributed by atoms with Crippen LogP contribution < -0.4 is 5.56 Å². The Labute approximate surface area is 140 Å². The van der Waals surface area contributed by atoms with Crippen LogP contribution in [0.15, 0.2) is 41.6 Å². The zero-order chi connectivity index (χ0) is 16.9. The van der Waals surface area contributed by atoms with Gasteiger partial charge in [-0.25, -0.2) is 4.98 Å². The molecule has 1 aliphatic heterocycles. The summed E-state index contributed by atoms with van der Waals surface area (Å²) in [6, 6.07) is 7.27. The molecule has 6 nitrogen and oxygen atoms in total. The van der Waals surface area contributed by atoms with E-state index in [0.717, 1.165) is 37.7 Å². The number of amides is 1. The fourth-order valence-electron chi connectivity index (χ4n) is 3.22. The number of nitrogens with one attached hydrogen (secondary N) is 1. The van der Waals surface area contributed by atoms with Gasteiger partial charge in [0.2, 0.25) is 0 Å². The first-order chi connectivity index (χ1) is 11.6. The average molecular weight is 327 g/mol. The van der Waals surface area contributed by atoms with Crippen LogP contribution in [0, 0.1) is 0 Å². The van der Waals surface area contributed by atoms with Gasteiger partial charge in [-0.2, -0.15) is 0 Å². The molecule has 1 fully saturated rings. The minimum atomic E-state index is -0.391. The Morgan fingerprint density at radius 2 is 2.08 bits per heavy atom. The minimum absolute atomic E-state index is 0.106. The molecule has 0 aliphatic carbocycles. The van der Waals surface area contributed by atoms with Crippen LogP contribution >= 0.6 is 0 Å². The maximum atomic E-state index is 12.7. The first kappa shape index (κ1) is 16.2. The first-order valence-electron chi connectivity index (χ1n) is 8.27. The van der Waals surface area contributed by atoms with E-state index in [1.165, 1.54) is 12.5 Å². The average Bonchev–Trinajstić information content (AvgIpc) is 2.61. The standard InChI is InChI=1S/C18H21N3O3/c22-15-8-5-13(6-9-15)4-7-14-3-1-2-10-21(14)18(24)16-11-19-12-20-17(16)23/h5-6,8-9,11-12,14,22H,1-4,7,10H2,(H,19,20,23)/t14-/m0/s1. The first-order valence-corrected chi connectivity index (χ1v) is 8.27. The lowest BCUT2D eigenvalue weighted by Gasteiger charge is -2.35. The number of aromatic amines is 1. The van der Waals surface area contributed by atoms with E-state index in [1.807, 2.05) is 17.0 Å². The zero-order valence-corrected chi connectivity index (χ0v) is 13.4. The molecule has 1 aliphatic rings. The highest BCUT2D eigenvalue weighted by Gasteiger charge is 2.28. The van der Waals surface area contributed by atoms with E-state index in [0.29, 0.717) is 6.54 Å². The molecule has 2 heterocycles. The van der Waals surface area contributed by atoms with Gasteiger partial charge in [-0.3, -0.25) is 9.59 Å². The predicted molar refractivity (Wildman–Crippen MR) is 90.0 cm³/mol. The Morgan fingerprint density at radius 1 is 1.29 bits per heavy atom. The van der Waals surface area contributed by atoms with Crippen LogP contribution in [0.3, 0.4) is 0 Å². The number of phenols is 1. The van der Waals surface area contributed by atoms with Gasteiger partial charge in [0.15, 0.2) is 0 Å². The van der Waals surface area contributed by atoms with Crippen molar-refractivity contribution in [1.29, 1.82) is 0 Å². The van der Waals surface area contributed by atoms with Crippen molar-refractivity contribution in [2.24, 2.45) is 0 Å². The summed E-state index contributed by atoms with van der Waals surface area (Å²) in [5, 5.41) is 9.35. The van der Waals surface area contributed by atoms with Crippen LogP contribution in [0.1, 0.15) is 41.6 Å². The highest BCUT2D eigenvalue weighted by atomic mass is 16.3. The fourth-order valence-corrected chi connectivity index (χ4v) is 3.22. The van der Waals surface area contributed by atoms with Gasteiger partial charge < -0.3 is 15.0 Å². The highest BCUT2D eigenvalue weighted by molar-refractivity contribution is 5.93. The monoisotopic (exact) mass is 327 g/mol. The van der Waals surface area contributed by atoms with Crippen molar-refractivity contribution in [2.75, 3.05) is 6.54 Å². The Bertz CT molecular complexity index is 755. The number of aryl methyl sites for hydroxylation is 1. The van der Waals surface area contributed by atoms with Crippen molar-refractivity contribution in [3.63, 3.8) is 0 Å². The largest absolute Gasteiger partial charge is 0.508 e. The molecule has 0 saturated carbocycles. The van der Waals surface area contributed by atoms with E-state index in [4.69, 9.17) is 0 Å². The number of phenolic OH excluding ortho intramolecular Hbond substituents is 1. The molecule has 6 heteroatoms. The van der Waals surface area contributed by atoms with E-state index in [-0.39, 0.29) is 23.3 Å². The van der Waals surface area contributed by atoms with E-state index in [2.05, 4.69) is 9.97 Å². The van der Waals surface area contributed by atoms with Gasteiger partial charge in [0.05, 0.1) is 6.33 Å². The molecule has 1 aromatic heterocycles. The second-order valence-electron chi connectivity index (χ2n) is 6.15. The quantitative estimate of drug-likeness (QED) is 0.900. The summed E-state index contributed by atoms with van der Waals surface area (Å²) in [5.74, 6) is 0.0174. The number of aromatic hydroxyl groups is 1. The van der Waals surface area contributed by atoms with Gasteiger partial charge in [-0.1, -0.05) is 12.1 Å². The number of piperidine rings is 1. The molecule has 0 spiro atoms. The Hall–Kier alpha value is -2.63. The molecular formula is C18H21N3O3. The maximum Gasteiger partial charge on any atom is 0.263 e. The summed E-state index contributed by atoms with van der Waals surface area (Å²) in [5.41, 5.74) is 0.844. The molecule has 3 rings (SSSR count). The number of rotatable bonds is 4. The number of aromatic nitrogens is 2. The Morgan fingerprint density at radius 3 is 2.83 bits per heavy atom. The number of benzene rings is 1. The zero-order valence-electron chi connectivity index (χ0n) is 13.4. The number of H-pyrrole nitrogens is 1. The van der Waals surface area contributed by atoms with Gasteiger partial charge in [0, 0.05) is 18.8 Å². The fraction of sp³-hybridized carbons (Fsp3) is 0.389. The highest BCUT2D eigenvalue weighted by Crippen LogP contribution is 2.23. The topological polar surface area (TPSA) is 86.3 Å². The molecule has 1 saturated heterocycles. The van der Waals surface area contributed by atoms with E-state index < -0.39 is 5.56 Å². The molecule has 0 radical (unpaired) electrons. The molecule has 0 unspecified atom stereocenters. The maximum absolute atomic E-state index is 12.7. The summed E-state index contributed by atoms with van der Waals surface area (Å²) in [4.78, 5) is 32.7. The van der Waals surface area contributed by atoms with E-state index >= 15 is 0 Å². The van der Waals surface area contributed by atoms with Crippen molar-refractivity contribution < 1.29 is 9.90 Å². The second-order valence-corrected chi connectivity index (χ2v) is 6.15. The van der Waals surface area contributed by atoms with Crippen LogP contribution in [-0.4, -0.2) is 38.5 Å². The van der Waals surface area contributed by atoms with Crippen molar-refractivity contribution in [2.45, 2.75) is 38.1 Å². The van der Waals surface area contributed by atoms with Gasteiger partial charge in [0.1, 0.15) is 11.3 Å². The number of likely N-dealkylation sites (tertiary alicyclic amines) is 1. The van der Waals surface area contributed by atoms with Crippen LogP contribution in [0.2, 0.25) is 0 Å². The third-order valence-electron chi connectivity index (χ3n) is 4.54. The molecule has 0 bridgehead atoms. The normalized spacial score (nSPS) is 17.7. The number of nitrogens with zero attached hydrogens (tertiary/aromatic N) is 2. The molecule has 126 valence electrons. The van der Waals surface area contributed by atoms with Gasteiger partial charge in [-0.05, 0) is 49.8 Å². The van der Waals surface area contributed by atoms with Crippen molar-refractivity contribution >= 4 is 5.91 Å². The summed E-state index contributed by atoms with van der Waals surface area (Å²) in [6.07, 6.45) is 7.30. The Kier molecular flexibility index (Phi) is 4.93. The number of carbonyl (C=O) groups excluding carboxylic acids is 1. The minimum Gasteiger partial charge on any atom is -0.508 e. The molecule has 2 N–H and O–H groups in total. The summed E-state index contributed by atoms with van der Waals surface area (Å²) < 4.78 is 0. The lowest BCUT2D eigenvalue weighted by atomic mass is 9.95. The number of carbonyl (C=O) groups is 1. The molecule has 1 atom stereocenters. The lowest BCUT2D eigenvalue weighted by Crippen LogP contribution is -2.45. The number of hydrogen-bond acceptors (Lipinski definition) is 4. The Balaban J connectivity index is 1.71. The van der Waals surface area contributed by atoms with Crippen molar-refractivity contribution in [1.82, 2.24) is 14.9 Å². The van der Waals surface area contributed by atoms with Crippen molar-refractivity contribution in [3.8, 4) is 5.75 Å². The SMILES string of the molecule is O=C(c1cnc[nH]c1=O)N1CCCC[C@H]1CCc1ccc(O)cc1. The van der Waals surface area contributed by atoms with Gasteiger partial charge in [0.25, 0.3) is 11.5 Å². The number of hydrogen-bond donors (Lipinski definition) is 2.